The van der Waals surface area contributed by atoms with E-state index in [2.05, 4.69) is 10.4 Å². The molecule has 3 fully saturated rings. The molecule has 266 valence electrons. The molecule has 2 aromatic carbocycles. The molecule has 8 rings (SSSR count). The van der Waals surface area contributed by atoms with Gasteiger partial charge in [0.25, 0.3) is 11.8 Å². The standard InChI is InChI=1S/C37H27Cl2F3N4O5S/c38-21-8-6-19(7-9-21)36-27(33(49)46(35(36)51)44-31-28(39)14-20(16-43-31)37(40,41)42)15-26-24(30(36)18-3-1-4-22(47)13-18)10-11-25-29(26)34(50)45(32(25)48)17-23-5-2-12-52-23/h1-10,12-14,16,25-27,29-30,47H,11,15,17H2,(H,43,44). The second-order valence-corrected chi connectivity index (χ2v) is 15.2. The Balaban J connectivity index is 1.29. The number of rotatable bonds is 6. The Hall–Kier alpha value is -4.72. The number of aromatic nitrogens is 1. The molecule has 1 saturated carbocycles. The summed E-state index contributed by atoms with van der Waals surface area (Å²) < 4.78 is 40.3. The number of pyridine rings is 1. The van der Waals surface area contributed by atoms with E-state index in [9.17, 15) is 32.7 Å². The number of benzene rings is 2. The van der Waals surface area contributed by atoms with Crippen LogP contribution in [0.1, 0.15) is 40.3 Å². The zero-order chi connectivity index (χ0) is 36.7. The lowest BCUT2D eigenvalue weighted by Gasteiger charge is -2.50. The first-order valence-electron chi connectivity index (χ1n) is 16.3. The molecule has 0 spiro atoms. The van der Waals surface area contributed by atoms with Crippen molar-refractivity contribution in [3.63, 3.8) is 0 Å². The molecule has 9 nitrogen and oxygen atoms in total. The monoisotopic (exact) mass is 766 g/mol. The van der Waals surface area contributed by atoms with Crippen LogP contribution in [0.15, 0.2) is 90.0 Å². The number of phenolic OH excluding ortho intramolecular Hbond substituents is 1. The van der Waals surface area contributed by atoms with Crippen LogP contribution in [0.25, 0.3) is 0 Å². The van der Waals surface area contributed by atoms with Crippen LogP contribution in [0, 0.1) is 23.7 Å². The molecule has 2 aromatic heterocycles. The maximum absolute atomic E-state index is 15.2. The third kappa shape index (κ3) is 5.23. The van der Waals surface area contributed by atoms with Gasteiger partial charge in [0.1, 0.15) is 5.75 Å². The van der Waals surface area contributed by atoms with Crippen molar-refractivity contribution in [3.8, 4) is 5.75 Å². The zero-order valence-electron chi connectivity index (χ0n) is 26.8. The first kappa shape index (κ1) is 34.4. The number of amides is 4. The highest BCUT2D eigenvalue weighted by Crippen LogP contribution is 2.64. The Morgan fingerprint density at radius 3 is 2.40 bits per heavy atom. The van der Waals surface area contributed by atoms with Crippen LogP contribution in [0.3, 0.4) is 0 Å². The number of anilines is 1. The van der Waals surface area contributed by atoms with Gasteiger partial charge in [0, 0.05) is 22.0 Å². The highest BCUT2D eigenvalue weighted by Gasteiger charge is 2.70. The van der Waals surface area contributed by atoms with Gasteiger partial charge in [0.2, 0.25) is 11.8 Å². The molecule has 4 heterocycles. The molecule has 6 atom stereocenters. The smallest absolute Gasteiger partial charge is 0.417 e. The number of carbonyl (C=O) groups is 4. The maximum atomic E-state index is 15.2. The predicted molar refractivity (Wildman–Crippen MR) is 185 cm³/mol. The summed E-state index contributed by atoms with van der Waals surface area (Å²) in [5, 5.41) is 13.2. The first-order chi connectivity index (χ1) is 24.8. The zero-order valence-corrected chi connectivity index (χ0v) is 29.1. The molecule has 0 bridgehead atoms. The largest absolute Gasteiger partial charge is 0.508 e. The number of phenols is 1. The number of aromatic hydroxyl groups is 1. The molecule has 4 amide bonds. The molecule has 4 aromatic rings. The number of allylic oxidation sites excluding steroid dienone is 2. The number of fused-ring (bicyclic) bond motifs is 4. The third-order valence-corrected chi connectivity index (χ3v) is 12.1. The van der Waals surface area contributed by atoms with Crippen LogP contribution in [0.2, 0.25) is 10.0 Å². The van der Waals surface area contributed by atoms with Crippen molar-refractivity contribution in [2.75, 3.05) is 5.43 Å². The Bertz CT molecular complexity index is 2180. The summed E-state index contributed by atoms with van der Waals surface area (Å²) in [7, 11) is 0. The number of carbonyl (C=O) groups excluding carboxylic acids is 4. The SMILES string of the molecule is O=C1C2CC=C3C(CC4C(=O)N(Nc5ncc(C(F)(F)F)cc5Cl)C(=O)C4(c4ccc(Cl)cc4)C3c3cccc(O)c3)C2C(=O)N1Cc1cccs1. The van der Waals surface area contributed by atoms with Crippen molar-refractivity contribution < 1.29 is 37.5 Å². The topological polar surface area (TPSA) is 120 Å². The fourth-order valence-electron chi connectivity index (χ4n) is 8.64. The molecule has 0 radical (unpaired) electrons. The summed E-state index contributed by atoms with van der Waals surface area (Å²) in [5.41, 5.74) is 1.36. The van der Waals surface area contributed by atoms with Gasteiger partial charge in [-0.15, -0.1) is 11.3 Å². The van der Waals surface area contributed by atoms with E-state index in [-0.39, 0.29) is 42.8 Å². The van der Waals surface area contributed by atoms with Crippen molar-refractivity contribution in [1.29, 1.82) is 0 Å². The van der Waals surface area contributed by atoms with Crippen molar-refractivity contribution in [2.45, 2.75) is 36.9 Å². The molecule has 52 heavy (non-hydrogen) atoms. The lowest BCUT2D eigenvalue weighted by molar-refractivity contribution is -0.142. The highest BCUT2D eigenvalue weighted by atomic mass is 35.5. The van der Waals surface area contributed by atoms with Crippen LogP contribution in [-0.4, -0.2) is 43.6 Å². The lowest BCUT2D eigenvalue weighted by Crippen LogP contribution is -2.53. The number of halogens is 5. The predicted octanol–water partition coefficient (Wildman–Crippen LogP) is 7.36. The Kier molecular flexibility index (Phi) is 8.23. The van der Waals surface area contributed by atoms with E-state index in [0.29, 0.717) is 34.0 Å². The minimum absolute atomic E-state index is 0.00622. The summed E-state index contributed by atoms with van der Waals surface area (Å²) in [6.07, 6.45) is -2.10. The number of imide groups is 2. The molecule has 2 aliphatic heterocycles. The third-order valence-electron chi connectivity index (χ3n) is 10.7. The van der Waals surface area contributed by atoms with E-state index in [1.165, 1.54) is 28.4 Å². The van der Waals surface area contributed by atoms with Gasteiger partial charge in [0.05, 0.1) is 40.3 Å². The van der Waals surface area contributed by atoms with Gasteiger partial charge in [-0.2, -0.15) is 18.2 Å². The van der Waals surface area contributed by atoms with Gasteiger partial charge in [-0.05, 0) is 71.7 Å². The number of likely N-dealkylation sites (tertiary alicyclic amines) is 1. The van der Waals surface area contributed by atoms with Crippen LogP contribution >= 0.6 is 34.5 Å². The van der Waals surface area contributed by atoms with Gasteiger partial charge >= 0.3 is 6.18 Å². The van der Waals surface area contributed by atoms with Crippen LogP contribution in [0.5, 0.6) is 5.75 Å². The molecule has 15 heteroatoms. The van der Waals surface area contributed by atoms with Gasteiger partial charge < -0.3 is 5.11 Å². The summed E-state index contributed by atoms with van der Waals surface area (Å²) in [6.45, 7) is 0.120. The molecular formula is C37H27Cl2F3N4O5S. The number of nitrogens with one attached hydrogen (secondary N) is 1. The summed E-state index contributed by atoms with van der Waals surface area (Å²) >= 11 is 14.0. The summed E-state index contributed by atoms with van der Waals surface area (Å²) in [4.78, 5) is 63.8. The van der Waals surface area contributed by atoms with Gasteiger partial charge in [-0.1, -0.05) is 65.2 Å². The molecule has 2 aliphatic carbocycles. The average Bonchev–Trinajstić information content (AvgIpc) is 3.77. The molecule has 6 unspecified atom stereocenters. The minimum atomic E-state index is -4.74. The van der Waals surface area contributed by atoms with Crippen LogP contribution in [-0.2, 0) is 37.3 Å². The number of thiophene rings is 1. The molecule has 2 saturated heterocycles. The van der Waals surface area contributed by atoms with Gasteiger partial charge in [-0.25, -0.2) is 4.98 Å². The van der Waals surface area contributed by atoms with E-state index < -0.39 is 63.6 Å². The van der Waals surface area contributed by atoms with Crippen molar-refractivity contribution >= 4 is 64.0 Å². The van der Waals surface area contributed by atoms with Gasteiger partial charge in [0.15, 0.2) is 5.82 Å². The number of nitrogens with zero attached hydrogens (tertiary/aromatic N) is 3. The van der Waals surface area contributed by atoms with Crippen molar-refractivity contribution in [3.05, 3.63) is 122 Å². The molecular weight excluding hydrogens is 740 g/mol. The maximum Gasteiger partial charge on any atom is 0.417 e. The van der Waals surface area contributed by atoms with E-state index in [0.717, 1.165) is 9.89 Å². The summed E-state index contributed by atoms with van der Waals surface area (Å²) in [5.74, 6) is -6.80. The van der Waals surface area contributed by atoms with E-state index >= 15 is 4.79 Å². The quantitative estimate of drug-likeness (QED) is 0.156. The van der Waals surface area contributed by atoms with Crippen LogP contribution in [0.4, 0.5) is 19.0 Å². The highest BCUT2D eigenvalue weighted by molar-refractivity contribution is 7.09. The fraction of sp³-hybridized carbons (Fsp3) is 0.270. The van der Waals surface area contributed by atoms with E-state index in [1.807, 2.05) is 23.6 Å². The number of hydrogen-bond donors (Lipinski definition) is 2. The van der Waals surface area contributed by atoms with Crippen molar-refractivity contribution in [1.82, 2.24) is 14.9 Å². The molecule has 4 aliphatic rings. The first-order valence-corrected chi connectivity index (χ1v) is 17.9. The Morgan fingerprint density at radius 2 is 1.73 bits per heavy atom. The minimum Gasteiger partial charge on any atom is -0.508 e. The normalized spacial score (nSPS) is 27.0. The van der Waals surface area contributed by atoms with Gasteiger partial charge in [-0.3, -0.25) is 29.5 Å². The van der Waals surface area contributed by atoms with Crippen molar-refractivity contribution in [2.24, 2.45) is 23.7 Å². The second kappa shape index (κ2) is 12.5. The number of hydrazine groups is 1. The molecule has 2 N–H and O–H groups in total. The number of hydrogen-bond acceptors (Lipinski definition) is 8. The summed E-state index contributed by atoms with van der Waals surface area (Å²) in [6, 6.07) is 17.1. The lowest BCUT2D eigenvalue weighted by atomic mass is 9.49. The number of alkyl halides is 3. The van der Waals surface area contributed by atoms with Crippen LogP contribution < -0.4 is 5.43 Å². The Labute approximate surface area is 308 Å². The van der Waals surface area contributed by atoms with E-state index in [1.54, 1.807) is 36.4 Å². The Morgan fingerprint density at radius 1 is 0.962 bits per heavy atom. The fourth-order valence-corrected chi connectivity index (χ4v) is 9.67. The average molecular weight is 768 g/mol. The second-order valence-electron chi connectivity index (χ2n) is 13.4. The van der Waals surface area contributed by atoms with E-state index in [4.69, 9.17) is 23.2 Å².